The minimum atomic E-state index is -1.16. The first-order valence-corrected chi connectivity index (χ1v) is 8.11. The zero-order valence-corrected chi connectivity index (χ0v) is 15.0. The molecule has 7 nitrogen and oxygen atoms in total. The lowest BCUT2D eigenvalue weighted by atomic mass is 10.0. The molecule has 3 rings (SSSR count). The molecular weight excluding hydrogens is 334 g/mol. The van der Waals surface area contributed by atoms with Crippen molar-refractivity contribution in [2.45, 2.75) is 33.7 Å². The molecule has 1 unspecified atom stereocenters. The van der Waals surface area contributed by atoms with Crippen LogP contribution in [0.5, 0.6) is 0 Å². The second-order valence-corrected chi connectivity index (χ2v) is 6.43. The number of benzene rings is 1. The van der Waals surface area contributed by atoms with E-state index in [1.54, 1.807) is 32.0 Å². The summed E-state index contributed by atoms with van der Waals surface area (Å²) in [7, 11) is 0. The number of aliphatic carboxylic acids is 1. The van der Waals surface area contributed by atoms with Gasteiger partial charge in [0.15, 0.2) is 6.04 Å². The van der Waals surface area contributed by atoms with Crippen LogP contribution in [0, 0.1) is 27.7 Å². The van der Waals surface area contributed by atoms with Gasteiger partial charge in [0.05, 0.1) is 16.6 Å². The van der Waals surface area contributed by atoms with Gasteiger partial charge in [0, 0.05) is 5.69 Å². The Balaban J connectivity index is 2.02. The maximum Gasteiger partial charge on any atom is 0.330 e. The van der Waals surface area contributed by atoms with Gasteiger partial charge in [-0.2, -0.15) is 0 Å². The number of fused-ring (bicyclic) bond motifs is 1. The van der Waals surface area contributed by atoms with Crippen molar-refractivity contribution in [2.24, 2.45) is 0 Å². The van der Waals surface area contributed by atoms with E-state index in [0.29, 0.717) is 27.9 Å². The fourth-order valence-electron chi connectivity index (χ4n) is 3.07. The zero-order chi connectivity index (χ0) is 19.0. The quantitative estimate of drug-likeness (QED) is 0.747. The predicted octanol–water partition coefficient (Wildman–Crippen LogP) is 3.01. The number of pyridine rings is 1. The molecule has 2 heterocycles. The van der Waals surface area contributed by atoms with E-state index in [9.17, 15) is 14.7 Å². The summed E-state index contributed by atoms with van der Waals surface area (Å²) in [6, 6.07) is 5.89. The topological polar surface area (TPSA) is 105 Å². The summed E-state index contributed by atoms with van der Waals surface area (Å²) in [5.41, 5.74) is 4.03. The SMILES string of the molecule is Cc1cc(C)cc(C(NC(=O)c2cc(C)nc3onc(C)c23)C(=O)O)c1. The molecule has 0 fully saturated rings. The van der Waals surface area contributed by atoms with Crippen LogP contribution in [-0.2, 0) is 4.79 Å². The number of aromatic nitrogens is 2. The van der Waals surface area contributed by atoms with Crippen LogP contribution < -0.4 is 5.32 Å². The molecule has 0 saturated heterocycles. The number of hydrogen-bond donors (Lipinski definition) is 2. The fourth-order valence-corrected chi connectivity index (χ4v) is 3.07. The summed E-state index contributed by atoms with van der Waals surface area (Å²) in [6.07, 6.45) is 0. The summed E-state index contributed by atoms with van der Waals surface area (Å²) in [5, 5.41) is 16.6. The Hall–Kier alpha value is -3.22. The van der Waals surface area contributed by atoms with Gasteiger partial charge in [-0.15, -0.1) is 0 Å². The van der Waals surface area contributed by atoms with Gasteiger partial charge in [0.1, 0.15) is 0 Å². The van der Waals surface area contributed by atoms with Gasteiger partial charge in [0.2, 0.25) is 0 Å². The molecule has 0 aliphatic rings. The van der Waals surface area contributed by atoms with Crippen LogP contribution in [0.3, 0.4) is 0 Å². The van der Waals surface area contributed by atoms with E-state index in [1.807, 2.05) is 19.9 Å². The van der Waals surface area contributed by atoms with Gasteiger partial charge in [-0.3, -0.25) is 4.79 Å². The van der Waals surface area contributed by atoms with E-state index in [1.165, 1.54) is 0 Å². The van der Waals surface area contributed by atoms with Gasteiger partial charge in [-0.1, -0.05) is 34.5 Å². The van der Waals surface area contributed by atoms with E-state index < -0.39 is 17.9 Å². The Bertz CT molecular complexity index is 1000. The molecule has 0 radical (unpaired) electrons. The molecule has 1 atom stereocenters. The normalized spacial score (nSPS) is 12.2. The number of carboxylic acid groups (broad SMARTS) is 1. The number of carbonyl (C=O) groups excluding carboxylic acids is 1. The molecule has 0 aliphatic carbocycles. The van der Waals surface area contributed by atoms with Crippen molar-refractivity contribution < 1.29 is 19.2 Å². The second kappa shape index (κ2) is 6.59. The van der Waals surface area contributed by atoms with Gasteiger partial charge in [-0.25, -0.2) is 9.78 Å². The van der Waals surface area contributed by atoms with Crippen LogP contribution in [0.4, 0.5) is 0 Å². The van der Waals surface area contributed by atoms with Crippen molar-refractivity contribution in [3.05, 3.63) is 57.9 Å². The van der Waals surface area contributed by atoms with Crippen LogP contribution in [0.2, 0.25) is 0 Å². The number of carboxylic acids is 1. The average molecular weight is 353 g/mol. The van der Waals surface area contributed by atoms with Crippen LogP contribution in [0.1, 0.15) is 44.5 Å². The molecule has 0 aliphatic heterocycles. The first kappa shape index (κ1) is 17.6. The van der Waals surface area contributed by atoms with E-state index >= 15 is 0 Å². The third kappa shape index (κ3) is 3.28. The molecule has 1 amide bonds. The Labute approximate surface area is 150 Å². The van der Waals surface area contributed by atoms with Crippen LogP contribution in [0.25, 0.3) is 11.1 Å². The second-order valence-electron chi connectivity index (χ2n) is 6.43. The Kier molecular flexibility index (Phi) is 4.46. The smallest absolute Gasteiger partial charge is 0.330 e. The Morgan fingerprint density at radius 3 is 2.35 bits per heavy atom. The maximum atomic E-state index is 12.8. The van der Waals surface area contributed by atoms with Gasteiger partial charge in [0.25, 0.3) is 11.6 Å². The van der Waals surface area contributed by atoms with E-state index in [0.717, 1.165) is 11.1 Å². The maximum absolute atomic E-state index is 12.8. The lowest BCUT2D eigenvalue weighted by Crippen LogP contribution is -2.34. The molecule has 26 heavy (non-hydrogen) atoms. The number of nitrogens with zero attached hydrogens (tertiary/aromatic N) is 2. The molecule has 2 N–H and O–H groups in total. The third-order valence-corrected chi connectivity index (χ3v) is 4.09. The van der Waals surface area contributed by atoms with Crippen LogP contribution in [0.15, 0.2) is 28.8 Å². The molecule has 1 aromatic carbocycles. The number of rotatable bonds is 4. The molecule has 3 aromatic rings. The monoisotopic (exact) mass is 353 g/mol. The first-order chi connectivity index (χ1) is 12.3. The summed E-state index contributed by atoms with van der Waals surface area (Å²) >= 11 is 0. The van der Waals surface area contributed by atoms with Crippen molar-refractivity contribution in [3.8, 4) is 0 Å². The minimum Gasteiger partial charge on any atom is -0.479 e. The van der Waals surface area contributed by atoms with Gasteiger partial charge >= 0.3 is 5.97 Å². The van der Waals surface area contributed by atoms with Crippen molar-refractivity contribution in [2.75, 3.05) is 0 Å². The van der Waals surface area contributed by atoms with Crippen molar-refractivity contribution in [3.63, 3.8) is 0 Å². The van der Waals surface area contributed by atoms with Crippen LogP contribution in [-0.4, -0.2) is 27.1 Å². The number of nitrogens with one attached hydrogen (secondary N) is 1. The standard InChI is InChI=1S/C19H19N3O4/c1-9-5-10(2)7-13(6-9)16(19(24)25)21-17(23)14-8-11(3)20-18-15(14)12(4)22-26-18/h5-8,16H,1-4H3,(H,21,23)(H,24,25). The fraction of sp³-hybridized carbons (Fsp3) is 0.263. The molecule has 7 heteroatoms. The summed E-state index contributed by atoms with van der Waals surface area (Å²) < 4.78 is 5.13. The average Bonchev–Trinajstić information content (AvgIpc) is 2.91. The number of carbonyl (C=O) groups is 2. The van der Waals surface area contributed by atoms with E-state index in [-0.39, 0.29) is 5.71 Å². The van der Waals surface area contributed by atoms with E-state index in [4.69, 9.17) is 4.52 Å². The van der Waals surface area contributed by atoms with Crippen molar-refractivity contribution in [1.29, 1.82) is 0 Å². The molecule has 0 spiro atoms. The molecule has 2 aromatic heterocycles. The highest BCUT2D eigenvalue weighted by molar-refractivity contribution is 6.07. The predicted molar refractivity (Wildman–Crippen MR) is 95.0 cm³/mol. The van der Waals surface area contributed by atoms with E-state index in [2.05, 4.69) is 15.5 Å². The first-order valence-electron chi connectivity index (χ1n) is 8.11. The largest absolute Gasteiger partial charge is 0.479 e. The number of amides is 1. The zero-order valence-electron chi connectivity index (χ0n) is 15.0. The van der Waals surface area contributed by atoms with Gasteiger partial charge < -0.3 is 14.9 Å². The highest BCUT2D eigenvalue weighted by Crippen LogP contribution is 2.23. The van der Waals surface area contributed by atoms with Gasteiger partial charge in [-0.05, 0) is 39.3 Å². The molecule has 134 valence electrons. The molecule has 0 bridgehead atoms. The highest BCUT2D eigenvalue weighted by atomic mass is 16.5. The lowest BCUT2D eigenvalue weighted by molar-refractivity contribution is -0.139. The number of aryl methyl sites for hydroxylation is 4. The molecule has 0 saturated carbocycles. The third-order valence-electron chi connectivity index (χ3n) is 4.09. The highest BCUT2D eigenvalue weighted by Gasteiger charge is 2.25. The number of hydrogen-bond acceptors (Lipinski definition) is 5. The summed E-state index contributed by atoms with van der Waals surface area (Å²) in [5.74, 6) is -1.65. The Morgan fingerprint density at radius 1 is 1.08 bits per heavy atom. The lowest BCUT2D eigenvalue weighted by Gasteiger charge is -2.17. The van der Waals surface area contributed by atoms with Crippen LogP contribution >= 0.6 is 0 Å². The Morgan fingerprint density at radius 2 is 1.73 bits per heavy atom. The molecular formula is C19H19N3O4. The minimum absolute atomic E-state index is 0.255. The van der Waals surface area contributed by atoms with Crippen molar-refractivity contribution >= 4 is 23.0 Å². The summed E-state index contributed by atoms with van der Waals surface area (Å²) in [6.45, 7) is 7.20. The van der Waals surface area contributed by atoms with Crippen molar-refractivity contribution in [1.82, 2.24) is 15.5 Å². The summed E-state index contributed by atoms with van der Waals surface area (Å²) in [4.78, 5) is 28.8.